The summed E-state index contributed by atoms with van der Waals surface area (Å²) < 4.78 is 15.4. The molecule has 1 fully saturated rings. The van der Waals surface area contributed by atoms with E-state index in [9.17, 15) is 35.1 Å². The maximum absolute atomic E-state index is 12.1. The zero-order valence-corrected chi connectivity index (χ0v) is 17.8. The van der Waals surface area contributed by atoms with E-state index in [1.54, 1.807) is 24.3 Å². The monoisotopic (exact) mass is 472 g/mol. The summed E-state index contributed by atoms with van der Waals surface area (Å²) in [6.45, 7) is -0.485. The summed E-state index contributed by atoms with van der Waals surface area (Å²) in [5, 5.41) is 48.9. The maximum atomic E-state index is 12.1. The van der Waals surface area contributed by atoms with Gasteiger partial charge in [0.15, 0.2) is 0 Å². The molecule has 5 atom stereocenters. The van der Waals surface area contributed by atoms with Gasteiger partial charge in [0.1, 0.15) is 42.5 Å². The van der Waals surface area contributed by atoms with Gasteiger partial charge in [0.05, 0.1) is 0 Å². The fourth-order valence-electron chi connectivity index (χ4n) is 3.02. The SMILES string of the molecule is O=C(/C=C/c1ccc(O)cc1)OC[C@@H]1O[C@H](OC(=O)/C=C/c2ccc(O)cc2)[C@@H](O)[C@H](O)[C@H]1O. The molecule has 2 aromatic rings. The zero-order chi connectivity index (χ0) is 24.7. The lowest BCUT2D eigenvalue weighted by Gasteiger charge is -2.39. The van der Waals surface area contributed by atoms with Crippen LogP contribution in [0.3, 0.4) is 0 Å². The lowest BCUT2D eigenvalue weighted by Crippen LogP contribution is -2.59. The van der Waals surface area contributed by atoms with Gasteiger partial charge in [-0.05, 0) is 47.5 Å². The molecule has 5 N–H and O–H groups in total. The van der Waals surface area contributed by atoms with Gasteiger partial charge < -0.3 is 39.7 Å². The van der Waals surface area contributed by atoms with Crippen molar-refractivity contribution in [3.63, 3.8) is 0 Å². The van der Waals surface area contributed by atoms with E-state index in [0.717, 1.165) is 12.2 Å². The molecule has 1 heterocycles. The first-order valence-corrected chi connectivity index (χ1v) is 10.2. The van der Waals surface area contributed by atoms with Crippen LogP contribution in [0.1, 0.15) is 11.1 Å². The average molecular weight is 472 g/mol. The first kappa shape index (κ1) is 24.9. The molecule has 10 nitrogen and oxygen atoms in total. The highest BCUT2D eigenvalue weighted by Crippen LogP contribution is 2.23. The molecule has 0 saturated carbocycles. The summed E-state index contributed by atoms with van der Waals surface area (Å²) in [5.74, 6) is -1.52. The molecule has 1 saturated heterocycles. The molecule has 0 aromatic heterocycles. The van der Waals surface area contributed by atoms with Gasteiger partial charge in [-0.1, -0.05) is 24.3 Å². The summed E-state index contributed by atoms with van der Waals surface area (Å²) in [6.07, 6.45) is -2.92. The van der Waals surface area contributed by atoms with Gasteiger partial charge in [0, 0.05) is 12.2 Å². The minimum atomic E-state index is -1.73. The predicted molar refractivity (Wildman–Crippen MR) is 118 cm³/mol. The van der Waals surface area contributed by atoms with Gasteiger partial charge in [-0.3, -0.25) is 0 Å². The van der Waals surface area contributed by atoms with Gasteiger partial charge in [-0.15, -0.1) is 0 Å². The number of carbonyl (C=O) groups is 2. The highest BCUT2D eigenvalue weighted by atomic mass is 16.7. The maximum Gasteiger partial charge on any atom is 0.333 e. The molecule has 0 aliphatic carbocycles. The lowest BCUT2D eigenvalue weighted by atomic mass is 9.99. The van der Waals surface area contributed by atoms with Crippen molar-refractivity contribution in [2.75, 3.05) is 6.61 Å². The molecule has 0 radical (unpaired) electrons. The highest BCUT2D eigenvalue weighted by Gasteiger charge is 2.45. The van der Waals surface area contributed by atoms with Gasteiger partial charge in [-0.2, -0.15) is 0 Å². The number of ether oxygens (including phenoxy) is 3. The topological polar surface area (TPSA) is 163 Å². The van der Waals surface area contributed by atoms with Crippen LogP contribution in [0.15, 0.2) is 60.7 Å². The fraction of sp³-hybridized carbons (Fsp3) is 0.250. The van der Waals surface area contributed by atoms with E-state index in [4.69, 9.17) is 14.2 Å². The Balaban J connectivity index is 1.54. The molecule has 180 valence electrons. The number of phenols is 2. The normalized spacial score (nSPS) is 24.9. The van der Waals surface area contributed by atoms with Gasteiger partial charge >= 0.3 is 11.9 Å². The van der Waals surface area contributed by atoms with Crippen LogP contribution in [0.2, 0.25) is 0 Å². The summed E-state index contributed by atoms with van der Waals surface area (Å²) in [6, 6.07) is 12.1. The van der Waals surface area contributed by atoms with Crippen LogP contribution in [-0.4, -0.2) is 74.8 Å². The molecule has 0 bridgehead atoms. The van der Waals surface area contributed by atoms with Crippen LogP contribution in [0, 0.1) is 0 Å². The van der Waals surface area contributed by atoms with E-state index in [1.165, 1.54) is 36.4 Å². The summed E-state index contributed by atoms with van der Waals surface area (Å²) >= 11 is 0. The van der Waals surface area contributed by atoms with E-state index in [2.05, 4.69) is 0 Å². The molecule has 2 aromatic carbocycles. The Morgan fingerprint density at radius 1 is 0.765 bits per heavy atom. The molecule has 0 amide bonds. The van der Waals surface area contributed by atoms with Crippen molar-refractivity contribution in [3.05, 3.63) is 71.8 Å². The van der Waals surface area contributed by atoms with E-state index >= 15 is 0 Å². The number of aliphatic hydroxyl groups excluding tert-OH is 3. The van der Waals surface area contributed by atoms with Gasteiger partial charge in [0.2, 0.25) is 6.29 Å². The van der Waals surface area contributed by atoms with Crippen molar-refractivity contribution >= 4 is 24.1 Å². The van der Waals surface area contributed by atoms with Crippen LogP contribution < -0.4 is 0 Å². The van der Waals surface area contributed by atoms with Crippen LogP contribution in [0.5, 0.6) is 11.5 Å². The fourth-order valence-corrected chi connectivity index (χ4v) is 3.02. The Morgan fingerprint density at radius 2 is 1.26 bits per heavy atom. The third-order valence-corrected chi connectivity index (χ3v) is 4.90. The van der Waals surface area contributed by atoms with Crippen molar-refractivity contribution in [3.8, 4) is 11.5 Å². The number of hydrogen-bond donors (Lipinski definition) is 5. The third-order valence-electron chi connectivity index (χ3n) is 4.90. The zero-order valence-electron chi connectivity index (χ0n) is 17.8. The first-order valence-electron chi connectivity index (χ1n) is 10.2. The van der Waals surface area contributed by atoms with Crippen molar-refractivity contribution in [1.82, 2.24) is 0 Å². The number of rotatable bonds is 7. The van der Waals surface area contributed by atoms with Crippen molar-refractivity contribution < 1.29 is 49.3 Å². The number of aliphatic hydroxyl groups is 3. The third kappa shape index (κ3) is 6.90. The lowest BCUT2D eigenvalue weighted by molar-refractivity contribution is -0.291. The van der Waals surface area contributed by atoms with Crippen LogP contribution in [0.4, 0.5) is 0 Å². The summed E-state index contributed by atoms with van der Waals surface area (Å²) in [7, 11) is 0. The molecule has 0 spiro atoms. The molecule has 1 aliphatic rings. The average Bonchev–Trinajstić information content (AvgIpc) is 2.83. The largest absolute Gasteiger partial charge is 0.508 e. The van der Waals surface area contributed by atoms with Crippen LogP contribution in [-0.2, 0) is 23.8 Å². The summed E-state index contributed by atoms with van der Waals surface area (Å²) in [4.78, 5) is 24.1. The second-order valence-corrected chi connectivity index (χ2v) is 7.43. The van der Waals surface area contributed by atoms with E-state index in [1.807, 2.05) is 0 Å². The Labute approximate surface area is 194 Å². The number of benzene rings is 2. The Morgan fingerprint density at radius 3 is 1.79 bits per heavy atom. The number of carbonyl (C=O) groups excluding carboxylic acids is 2. The van der Waals surface area contributed by atoms with E-state index in [-0.39, 0.29) is 11.5 Å². The molecule has 3 rings (SSSR count). The van der Waals surface area contributed by atoms with Crippen molar-refractivity contribution in [2.45, 2.75) is 30.7 Å². The molecule has 10 heteroatoms. The first-order chi connectivity index (χ1) is 16.2. The second kappa shape index (κ2) is 11.4. The quantitative estimate of drug-likeness (QED) is 0.287. The number of hydrogen-bond acceptors (Lipinski definition) is 10. The number of esters is 2. The number of phenolic OH excluding ortho intramolecular Hbond substituents is 2. The Hall–Kier alpha value is -3.70. The number of aromatic hydroxyl groups is 2. The highest BCUT2D eigenvalue weighted by molar-refractivity contribution is 5.87. The van der Waals surface area contributed by atoms with E-state index < -0.39 is 49.3 Å². The molecule has 0 unspecified atom stereocenters. The van der Waals surface area contributed by atoms with Gasteiger partial charge in [-0.25, -0.2) is 9.59 Å². The standard InChI is InChI=1S/C24H24O10/c25-16-7-1-14(2-8-16)5-11-19(27)32-13-18-21(29)22(30)23(31)24(33-18)34-20(28)12-6-15-3-9-17(26)10-4-15/h1-12,18,21-26,29-31H,13H2/b11-5+,12-6+/t18-,21-,22+,23-,24+/m0/s1. The second-order valence-electron chi connectivity index (χ2n) is 7.43. The molecule has 1 aliphatic heterocycles. The Bertz CT molecular complexity index is 1030. The van der Waals surface area contributed by atoms with Crippen LogP contribution >= 0.6 is 0 Å². The minimum Gasteiger partial charge on any atom is -0.508 e. The molecule has 34 heavy (non-hydrogen) atoms. The molecular weight excluding hydrogens is 448 g/mol. The van der Waals surface area contributed by atoms with Crippen molar-refractivity contribution in [1.29, 1.82) is 0 Å². The minimum absolute atomic E-state index is 0.0635. The Kier molecular flexibility index (Phi) is 8.39. The summed E-state index contributed by atoms with van der Waals surface area (Å²) in [5.41, 5.74) is 1.23. The predicted octanol–water partition coefficient (Wildman–Crippen LogP) is 0.718. The van der Waals surface area contributed by atoms with E-state index in [0.29, 0.717) is 11.1 Å². The smallest absolute Gasteiger partial charge is 0.333 e. The molecular formula is C24H24O10. The van der Waals surface area contributed by atoms with Gasteiger partial charge in [0.25, 0.3) is 0 Å². The van der Waals surface area contributed by atoms with Crippen molar-refractivity contribution in [2.24, 2.45) is 0 Å². The van der Waals surface area contributed by atoms with Crippen LogP contribution in [0.25, 0.3) is 12.2 Å².